The normalized spacial score (nSPS) is 18.7. The third kappa shape index (κ3) is 1.75. The molecule has 0 amide bonds. The van der Waals surface area contributed by atoms with Crippen molar-refractivity contribution in [2.24, 2.45) is 5.41 Å². The summed E-state index contributed by atoms with van der Waals surface area (Å²) in [5.41, 5.74) is -0.949. The van der Waals surface area contributed by atoms with E-state index in [-0.39, 0.29) is 11.3 Å². The first-order valence-electron chi connectivity index (χ1n) is 5.53. The van der Waals surface area contributed by atoms with Gasteiger partial charge in [-0.2, -0.15) is 0 Å². The summed E-state index contributed by atoms with van der Waals surface area (Å²) in [7, 11) is 0. The molecule has 1 nitrogen and oxygen atoms in total. The van der Waals surface area contributed by atoms with E-state index in [1.165, 1.54) is 6.07 Å². The van der Waals surface area contributed by atoms with Gasteiger partial charge in [0.15, 0.2) is 5.78 Å². The number of ketones is 1. The third-order valence-corrected chi connectivity index (χ3v) is 3.45. The fourth-order valence-electron chi connectivity index (χ4n) is 2.40. The summed E-state index contributed by atoms with van der Waals surface area (Å²) in [6.45, 7) is 1.80. The number of hydrogen-bond acceptors (Lipinski definition) is 1. The lowest BCUT2D eigenvalue weighted by Gasteiger charge is -2.22. The molecule has 2 rings (SSSR count). The van der Waals surface area contributed by atoms with Crippen LogP contribution >= 0.6 is 0 Å². The zero-order valence-electron chi connectivity index (χ0n) is 9.22. The molecule has 16 heavy (non-hydrogen) atoms. The predicted octanol–water partition coefficient (Wildman–Crippen LogP) is 3.73. The van der Waals surface area contributed by atoms with Crippen molar-refractivity contribution in [3.8, 4) is 0 Å². The summed E-state index contributed by atoms with van der Waals surface area (Å²) in [5.74, 6) is -1.89. The van der Waals surface area contributed by atoms with Crippen LogP contribution in [-0.4, -0.2) is 5.78 Å². The standard InChI is InChI=1S/C13H14F2O/c1-13(7-2-3-8-13)12(16)11-9(14)5-4-6-10(11)15/h4-6H,2-3,7-8H2,1H3. The largest absolute Gasteiger partial charge is 0.293 e. The van der Waals surface area contributed by atoms with Gasteiger partial charge in [-0.3, -0.25) is 4.79 Å². The lowest BCUT2D eigenvalue weighted by Crippen LogP contribution is -2.26. The lowest BCUT2D eigenvalue weighted by molar-refractivity contribution is 0.0814. The first-order chi connectivity index (χ1) is 7.54. The topological polar surface area (TPSA) is 17.1 Å². The minimum atomic E-state index is -0.752. The molecule has 0 atom stereocenters. The summed E-state index contributed by atoms with van der Waals surface area (Å²) < 4.78 is 26.9. The van der Waals surface area contributed by atoms with Crippen molar-refractivity contribution in [3.05, 3.63) is 35.4 Å². The Hall–Kier alpha value is -1.25. The van der Waals surface area contributed by atoms with Gasteiger partial charge in [0.25, 0.3) is 0 Å². The predicted molar refractivity (Wildman–Crippen MR) is 57.3 cm³/mol. The molecule has 0 aliphatic heterocycles. The van der Waals surface area contributed by atoms with E-state index in [0.29, 0.717) is 0 Å². The van der Waals surface area contributed by atoms with E-state index in [4.69, 9.17) is 0 Å². The summed E-state index contributed by atoms with van der Waals surface area (Å²) in [6, 6.07) is 3.54. The van der Waals surface area contributed by atoms with Crippen LogP contribution in [0.15, 0.2) is 18.2 Å². The quantitative estimate of drug-likeness (QED) is 0.699. The molecule has 0 aromatic heterocycles. The van der Waals surface area contributed by atoms with Crippen molar-refractivity contribution in [2.45, 2.75) is 32.6 Å². The fourth-order valence-corrected chi connectivity index (χ4v) is 2.40. The van der Waals surface area contributed by atoms with Crippen LogP contribution in [0, 0.1) is 17.0 Å². The first-order valence-corrected chi connectivity index (χ1v) is 5.53. The second-order valence-corrected chi connectivity index (χ2v) is 4.69. The number of Topliss-reactive ketones (excluding diaryl/α,β-unsaturated/α-hetero) is 1. The molecule has 1 saturated carbocycles. The lowest BCUT2D eigenvalue weighted by atomic mass is 9.80. The van der Waals surface area contributed by atoms with E-state index >= 15 is 0 Å². The van der Waals surface area contributed by atoms with E-state index in [2.05, 4.69) is 0 Å². The van der Waals surface area contributed by atoms with Crippen LogP contribution in [0.5, 0.6) is 0 Å². The minimum Gasteiger partial charge on any atom is -0.293 e. The molecular formula is C13H14F2O. The highest BCUT2D eigenvalue weighted by Gasteiger charge is 2.38. The Bertz CT molecular complexity index is 400. The molecule has 1 aliphatic rings. The second kappa shape index (κ2) is 3.96. The third-order valence-electron chi connectivity index (χ3n) is 3.45. The van der Waals surface area contributed by atoms with E-state index in [1.54, 1.807) is 6.92 Å². The van der Waals surface area contributed by atoms with Gasteiger partial charge in [-0.15, -0.1) is 0 Å². The van der Waals surface area contributed by atoms with E-state index in [9.17, 15) is 13.6 Å². The number of rotatable bonds is 2. The molecule has 1 aromatic carbocycles. The monoisotopic (exact) mass is 224 g/mol. The Morgan fingerprint density at radius 2 is 1.69 bits per heavy atom. The molecule has 1 fully saturated rings. The van der Waals surface area contributed by atoms with Crippen molar-refractivity contribution in [1.82, 2.24) is 0 Å². The van der Waals surface area contributed by atoms with Crippen molar-refractivity contribution in [3.63, 3.8) is 0 Å². The van der Waals surface area contributed by atoms with E-state index in [1.807, 2.05) is 0 Å². The number of halogens is 2. The molecule has 0 N–H and O–H groups in total. The van der Waals surface area contributed by atoms with Crippen molar-refractivity contribution >= 4 is 5.78 Å². The summed E-state index contributed by atoms with van der Waals surface area (Å²) in [6.07, 6.45) is 3.36. The zero-order valence-corrected chi connectivity index (χ0v) is 9.22. The second-order valence-electron chi connectivity index (χ2n) is 4.69. The highest BCUT2D eigenvalue weighted by atomic mass is 19.1. The first kappa shape index (κ1) is 11.2. The molecule has 0 radical (unpaired) electrons. The van der Waals surface area contributed by atoms with Gasteiger partial charge >= 0.3 is 0 Å². The highest BCUT2D eigenvalue weighted by Crippen LogP contribution is 2.41. The average molecular weight is 224 g/mol. The van der Waals surface area contributed by atoms with Crippen LogP contribution in [0.25, 0.3) is 0 Å². The number of carbonyl (C=O) groups excluding carboxylic acids is 1. The van der Waals surface area contributed by atoms with Crippen LogP contribution in [-0.2, 0) is 0 Å². The van der Waals surface area contributed by atoms with Crippen LogP contribution in [0.1, 0.15) is 43.0 Å². The zero-order chi connectivity index (χ0) is 11.8. The smallest absolute Gasteiger partial charge is 0.174 e. The van der Waals surface area contributed by atoms with Gasteiger partial charge in [0, 0.05) is 5.41 Å². The Morgan fingerprint density at radius 3 is 2.19 bits per heavy atom. The maximum Gasteiger partial charge on any atom is 0.174 e. The summed E-state index contributed by atoms with van der Waals surface area (Å²) >= 11 is 0. The molecule has 86 valence electrons. The molecule has 0 heterocycles. The van der Waals surface area contributed by atoms with Crippen molar-refractivity contribution < 1.29 is 13.6 Å². The Morgan fingerprint density at radius 1 is 1.19 bits per heavy atom. The van der Waals surface area contributed by atoms with Crippen molar-refractivity contribution in [2.75, 3.05) is 0 Å². The van der Waals surface area contributed by atoms with Gasteiger partial charge in [0.1, 0.15) is 11.6 Å². The maximum absolute atomic E-state index is 13.5. The molecule has 0 spiro atoms. The van der Waals surface area contributed by atoms with Gasteiger partial charge in [0.05, 0.1) is 5.56 Å². The van der Waals surface area contributed by atoms with E-state index in [0.717, 1.165) is 37.8 Å². The van der Waals surface area contributed by atoms with Crippen LogP contribution < -0.4 is 0 Å². The highest BCUT2D eigenvalue weighted by molar-refractivity contribution is 6.00. The van der Waals surface area contributed by atoms with Crippen LogP contribution in [0.4, 0.5) is 8.78 Å². The molecular weight excluding hydrogens is 210 g/mol. The molecule has 1 aromatic rings. The van der Waals surface area contributed by atoms with Gasteiger partial charge < -0.3 is 0 Å². The average Bonchev–Trinajstić information content (AvgIpc) is 2.66. The van der Waals surface area contributed by atoms with Crippen LogP contribution in [0.2, 0.25) is 0 Å². The number of hydrogen-bond donors (Lipinski definition) is 0. The molecule has 0 unspecified atom stereocenters. The summed E-state index contributed by atoms with van der Waals surface area (Å²) in [4.78, 5) is 12.1. The minimum absolute atomic E-state index is 0.369. The molecule has 0 saturated heterocycles. The Balaban J connectivity index is 2.41. The van der Waals surface area contributed by atoms with Gasteiger partial charge in [0.2, 0.25) is 0 Å². The van der Waals surface area contributed by atoms with Crippen LogP contribution in [0.3, 0.4) is 0 Å². The Labute approximate surface area is 93.5 Å². The number of carbonyl (C=O) groups is 1. The molecule has 3 heteroatoms. The molecule has 1 aliphatic carbocycles. The van der Waals surface area contributed by atoms with Crippen molar-refractivity contribution in [1.29, 1.82) is 0 Å². The summed E-state index contributed by atoms with van der Waals surface area (Å²) in [5, 5.41) is 0. The van der Waals surface area contributed by atoms with Gasteiger partial charge in [-0.05, 0) is 25.0 Å². The maximum atomic E-state index is 13.5. The Kier molecular flexibility index (Phi) is 2.78. The van der Waals surface area contributed by atoms with Gasteiger partial charge in [-0.25, -0.2) is 8.78 Å². The molecule has 0 bridgehead atoms. The SMILES string of the molecule is CC1(C(=O)c2c(F)cccc2F)CCCC1. The number of benzene rings is 1. The van der Waals surface area contributed by atoms with Gasteiger partial charge in [-0.1, -0.05) is 25.8 Å². The van der Waals surface area contributed by atoms with E-state index < -0.39 is 17.0 Å². The fraction of sp³-hybridized carbons (Fsp3) is 0.462.